The number of rotatable bonds is 5. The number of carbonyl (C=O) groups is 2. The van der Waals surface area contributed by atoms with Crippen LogP contribution in [0.1, 0.15) is 16.1 Å². The molecule has 3 aromatic rings. The van der Waals surface area contributed by atoms with Crippen LogP contribution < -0.4 is 5.32 Å². The van der Waals surface area contributed by atoms with Crippen LogP contribution in [-0.4, -0.2) is 22.1 Å². The Labute approximate surface area is 137 Å². The Morgan fingerprint density at radius 2 is 1.83 bits per heavy atom. The molecule has 2 N–H and O–H groups in total. The first-order valence-corrected chi connectivity index (χ1v) is 7.26. The van der Waals surface area contributed by atoms with Gasteiger partial charge in [-0.1, -0.05) is 41.6 Å². The normalized spacial score (nSPS) is 10.3. The van der Waals surface area contributed by atoms with Gasteiger partial charge in [0.05, 0.1) is 17.7 Å². The SMILES string of the molecule is O=C(Cc1cc(-c2ccccc2)on1)Nc1cccc(C(=O)O)c1. The van der Waals surface area contributed by atoms with Crippen LogP contribution in [0.25, 0.3) is 11.3 Å². The fourth-order valence-corrected chi connectivity index (χ4v) is 2.23. The van der Waals surface area contributed by atoms with Crippen molar-refractivity contribution < 1.29 is 19.2 Å². The third-order valence-corrected chi connectivity index (χ3v) is 3.35. The smallest absolute Gasteiger partial charge is 0.335 e. The van der Waals surface area contributed by atoms with Gasteiger partial charge in [0, 0.05) is 17.3 Å². The molecule has 1 aromatic heterocycles. The van der Waals surface area contributed by atoms with Crippen LogP contribution in [0.15, 0.2) is 65.2 Å². The third-order valence-electron chi connectivity index (χ3n) is 3.35. The van der Waals surface area contributed by atoms with E-state index in [9.17, 15) is 9.59 Å². The van der Waals surface area contributed by atoms with Crippen molar-refractivity contribution in [3.8, 4) is 11.3 Å². The molecule has 0 aliphatic carbocycles. The molecule has 0 saturated heterocycles. The number of carboxylic acids is 1. The molecule has 0 atom stereocenters. The second-order valence-corrected chi connectivity index (χ2v) is 5.16. The molecular weight excluding hydrogens is 308 g/mol. The lowest BCUT2D eigenvalue weighted by Crippen LogP contribution is -2.14. The third kappa shape index (κ3) is 3.67. The molecule has 3 rings (SSSR count). The molecule has 0 saturated carbocycles. The summed E-state index contributed by atoms with van der Waals surface area (Å²) in [5.74, 6) is -0.758. The van der Waals surface area contributed by atoms with Crippen LogP contribution >= 0.6 is 0 Å². The van der Waals surface area contributed by atoms with Gasteiger partial charge in [-0.2, -0.15) is 0 Å². The Hall–Kier alpha value is -3.41. The molecule has 0 bridgehead atoms. The number of aromatic nitrogens is 1. The molecule has 0 aliphatic rings. The van der Waals surface area contributed by atoms with E-state index < -0.39 is 5.97 Å². The molecule has 0 spiro atoms. The van der Waals surface area contributed by atoms with Crippen molar-refractivity contribution in [1.82, 2.24) is 5.16 Å². The van der Waals surface area contributed by atoms with Crippen molar-refractivity contribution >= 4 is 17.6 Å². The van der Waals surface area contributed by atoms with E-state index in [0.717, 1.165) is 5.56 Å². The Morgan fingerprint density at radius 1 is 1.04 bits per heavy atom. The molecule has 0 radical (unpaired) electrons. The van der Waals surface area contributed by atoms with Gasteiger partial charge in [0.15, 0.2) is 5.76 Å². The summed E-state index contributed by atoms with van der Waals surface area (Å²) in [6.07, 6.45) is 0.0353. The summed E-state index contributed by atoms with van der Waals surface area (Å²) >= 11 is 0. The van der Waals surface area contributed by atoms with E-state index in [1.54, 1.807) is 18.2 Å². The van der Waals surface area contributed by atoms with E-state index in [4.69, 9.17) is 9.63 Å². The first-order valence-electron chi connectivity index (χ1n) is 7.26. The lowest BCUT2D eigenvalue weighted by Gasteiger charge is -2.04. The molecule has 2 aromatic carbocycles. The minimum atomic E-state index is -1.05. The maximum Gasteiger partial charge on any atom is 0.335 e. The zero-order chi connectivity index (χ0) is 16.9. The van der Waals surface area contributed by atoms with Crippen LogP contribution in [0.2, 0.25) is 0 Å². The van der Waals surface area contributed by atoms with Gasteiger partial charge in [-0.05, 0) is 18.2 Å². The van der Waals surface area contributed by atoms with E-state index in [2.05, 4.69) is 10.5 Å². The molecule has 0 aliphatic heterocycles. The highest BCUT2D eigenvalue weighted by atomic mass is 16.5. The second kappa shape index (κ2) is 6.78. The lowest BCUT2D eigenvalue weighted by atomic mass is 10.1. The van der Waals surface area contributed by atoms with Crippen molar-refractivity contribution in [2.75, 3.05) is 5.32 Å². The highest BCUT2D eigenvalue weighted by Gasteiger charge is 2.11. The summed E-state index contributed by atoms with van der Waals surface area (Å²) in [4.78, 5) is 23.0. The average Bonchev–Trinajstić information content (AvgIpc) is 3.04. The largest absolute Gasteiger partial charge is 0.478 e. The molecule has 6 nitrogen and oxygen atoms in total. The van der Waals surface area contributed by atoms with Crippen molar-refractivity contribution in [3.05, 3.63) is 71.9 Å². The molecule has 0 fully saturated rings. The number of benzene rings is 2. The van der Waals surface area contributed by atoms with Gasteiger partial charge < -0.3 is 14.9 Å². The van der Waals surface area contributed by atoms with E-state index in [1.165, 1.54) is 12.1 Å². The molecule has 120 valence electrons. The number of nitrogens with one attached hydrogen (secondary N) is 1. The predicted molar refractivity (Wildman–Crippen MR) is 87.7 cm³/mol. The van der Waals surface area contributed by atoms with Gasteiger partial charge in [0.25, 0.3) is 0 Å². The van der Waals surface area contributed by atoms with Crippen molar-refractivity contribution in [1.29, 1.82) is 0 Å². The van der Waals surface area contributed by atoms with E-state index in [0.29, 0.717) is 17.1 Å². The fraction of sp³-hybridized carbons (Fsp3) is 0.0556. The summed E-state index contributed by atoms with van der Waals surface area (Å²) < 4.78 is 5.24. The Balaban J connectivity index is 1.66. The minimum Gasteiger partial charge on any atom is -0.478 e. The van der Waals surface area contributed by atoms with Gasteiger partial charge in [0.2, 0.25) is 5.91 Å². The van der Waals surface area contributed by atoms with Crippen molar-refractivity contribution in [2.24, 2.45) is 0 Å². The summed E-state index contributed by atoms with van der Waals surface area (Å²) in [6, 6.07) is 17.2. The van der Waals surface area contributed by atoms with Gasteiger partial charge in [0.1, 0.15) is 0 Å². The minimum absolute atomic E-state index is 0.0353. The van der Waals surface area contributed by atoms with Crippen LogP contribution in [0.3, 0.4) is 0 Å². The highest BCUT2D eigenvalue weighted by Crippen LogP contribution is 2.20. The van der Waals surface area contributed by atoms with Gasteiger partial charge >= 0.3 is 5.97 Å². The predicted octanol–water partition coefficient (Wildman–Crippen LogP) is 3.22. The summed E-state index contributed by atoms with van der Waals surface area (Å²) in [5.41, 5.74) is 1.92. The first kappa shape index (κ1) is 15.5. The Kier molecular flexibility index (Phi) is 4.38. The molecular formula is C18H14N2O4. The standard InChI is InChI=1S/C18H14N2O4/c21-17(19-14-8-4-7-13(9-14)18(22)23)11-15-10-16(24-20-15)12-5-2-1-3-6-12/h1-10H,11H2,(H,19,21)(H,22,23). The number of carboxylic acid groups (broad SMARTS) is 1. The Bertz CT molecular complexity index is 871. The highest BCUT2D eigenvalue weighted by molar-refractivity contribution is 5.94. The number of aromatic carboxylic acids is 1. The Morgan fingerprint density at radius 3 is 2.58 bits per heavy atom. The van der Waals surface area contributed by atoms with Crippen LogP contribution in [0.5, 0.6) is 0 Å². The number of hydrogen-bond donors (Lipinski definition) is 2. The monoisotopic (exact) mass is 322 g/mol. The number of hydrogen-bond acceptors (Lipinski definition) is 4. The summed E-state index contributed by atoms with van der Waals surface area (Å²) in [5, 5.41) is 15.5. The lowest BCUT2D eigenvalue weighted by molar-refractivity contribution is -0.115. The fourth-order valence-electron chi connectivity index (χ4n) is 2.23. The van der Waals surface area contributed by atoms with E-state index in [1.807, 2.05) is 30.3 Å². The van der Waals surface area contributed by atoms with Gasteiger partial charge in [-0.3, -0.25) is 4.79 Å². The zero-order valence-electron chi connectivity index (χ0n) is 12.6. The quantitative estimate of drug-likeness (QED) is 0.752. The zero-order valence-corrected chi connectivity index (χ0v) is 12.6. The van der Waals surface area contributed by atoms with Crippen molar-refractivity contribution in [2.45, 2.75) is 6.42 Å². The van der Waals surface area contributed by atoms with Gasteiger partial charge in [-0.25, -0.2) is 4.79 Å². The topological polar surface area (TPSA) is 92.4 Å². The molecule has 1 amide bonds. The average molecular weight is 322 g/mol. The number of carbonyl (C=O) groups excluding carboxylic acids is 1. The molecule has 1 heterocycles. The van der Waals surface area contributed by atoms with Crippen LogP contribution in [-0.2, 0) is 11.2 Å². The second-order valence-electron chi connectivity index (χ2n) is 5.16. The van der Waals surface area contributed by atoms with Crippen LogP contribution in [0, 0.1) is 0 Å². The summed E-state index contributed by atoms with van der Waals surface area (Å²) in [6.45, 7) is 0. The maximum atomic E-state index is 12.1. The molecule has 6 heteroatoms. The number of nitrogens with zero attached hydrogens (tertiary/aromatic N) is 1. The van der Waals surface area contributed by atoms with Crippen molar-refractivity contribution in [3.63, 3.8) is 0 Å². The molecule has 24 heavy (non-hydrogen) atoms. The molecule has 0 unspecified atom stereocenters. The van der Waals surface area contributed by atoms with E-state index in [-0.39, 0.29) is 17.9 Å². The van der Waals surface area contributed by atoms with E-state index >= 15 is 0 Å². The van der Waals surface area contributed by atoms with Crippen LogP contribution in [0.4, 0.5) is 5.69 Å². The maximum absolute atomic E-state index is 12.1. The number of amides is 1. The number of anilines is 1. The summed E-state index contributed by atoms with van der Waals surface area (Å²) in [7, 11) is 0. The van der Waals surface area contributed by atoms with Gasteiger partial charge in [-0.15, -0.1) is 0 Å². The first-order chi connectivity index (χ1) is 11.6.